The van der Waals surface area contributed by atoms with Crippen molar-refractivity contribution < 1.29 is 4.42 Å². The van der Waals surface area contributed by atoms with E-state index < -0.39 is 0 Å². The molecule has 0 atom stereocenters. The van der Waals surface area contributed by atoms with Crippen LogP contribution in [0.25, 0.3) is 11.0 Å². The van der Waals surface area contributed by atoms with Gasteiger partial charge >= 0.3 is 0 Å². The number of fused-ring (bicyclic) bond motifs is 1. The van der Waals surface area contributed by atoms with Crippen LogP contribution in [0, 0.1) is 27.7 Å². The van der Waals surface area contributed by atoms with Crippen LogP contribution in [-0.2, 0) is 6.54 Å². The van der Waals surface area contributed by atoms with E-state index in [-0.39, 0.29) is 0 Å². The van der Waals surface area contributed by atoms with Crippen molar-refractivity contribution >= 4 is 11.0 Å². The minimum atomic E-state index is 0.814. The van der Waals surface area contributed by atoms with Crippen LogP contribution in [0.2, 0.25) is 0 Å². The van der Waals surface area contributed by atoms with Gasteiger partial charge in [0.05, 0.1) is 6.54 Å². The second kappa shape index (κ2) is 4.53. The van der Waals surface area contributed by atoms with Gasteiger partial charge in [-0.05, 0) is 56.5 Å². The molecule has 2 rings (SSSR count). The first-order chi connectivity index (χ1) is 8.06. The second-order valence-electron chi connectivity index (χ2n) is 4.77. The molecule has 0 unspecified atom stereocenters. The summed E-state index contributed by atoms with van der Waals surface area (Å²) in [5.41, 5.74) is 6.22. The molecule has 2 aromatic rings. The van der Waals surface area contributed by atoms with Crippen LogP contribution < -0.4 is 5.32 Å². The van der Waals surface area contributed by atoms with E-state index in [1.165, 1.54) is 27.6 Å². The Morgan fingerprint density at radius 2 is 1.76 bits per heavy atom. The molecule has 0 radical (unpaired) electrons. The number of hydrogen-bond acceptors (Lipinski definition) is 2. The maximum absolute atomic E-state index is 6.03. The van der Waals surface area contributed by atoms with Crippen molar-refractivity contribution in [3.8, 4) is 0 Å². The fourth-order valence-corrected chi connectivity index (χ4v) is 2.39. The Morgan fingerprint density at radius 3 is 2.41 bits per heavy atom. The molecule has 0 aliphatic rings. The monoisotopic (exact) mass is 231 g/mol. The minimum Gasteiger partial charge on any atom is -0.459 e. The molecule has 0 bridgehead atoms. The highest BCUT2D eigenvalue weighted by Crippen LogP contribution is 2.32. The fraction of sp³-hybridized carbons (Fsp3) is 0.467. The number of furan rings is 1. The molecule has 2 heteroatoms. The Hall–Kier alpha value is -1.28. The molecule has 1 aromatic carbocycles. The van der Waals surface area contributed by atoms with Crippen molar-refractivity contribution in [2.75, 3.05) is 6.54 Å². The number of benzene rings is 1. The van der Waals surface area contributed by atoms with Crippen molar-refractivity contribution in [1.29, 1.82) is 0 Å². The highest BCUT2D eigenvalue weighted by Gasteiger charge is 2.15. The summed E-state index contributed by atoms with van der Waals surface area (Å²) in [5.74, 6) is 1.07. The van der Waals surface area contributed by atoms with Crippen LogP contribution in [-0.4, -0.2) is 6.54 Å². The van der Waals surface area contributed by atoms with E-state index in [2.05, 4.69) is 46.0 Å². The number of aryl methyl sites for hydroxylation is 4. The molecular formula is C15H21NO. The third kappa shape index (κ3) is 1.98. The van der Waals surface area contributed by atoms with Gasteiger partial charge in [-0.1, -0.05) is 13.0 Å². The largest absolute Gasteiger partial charge is 0.459 e. The summed E-state index contributed by atoms with van der Waals surface area (Å²) in [6, 6.07) is 2.25. The first kappa shape index (κ1) is 12.2. The van der Waals surface area contributed by atoms with Crippen molar-refractivity contribution in [3.63, 3.8) is 0 Å². The highest BCUT2D eigenvalue weighted by molar-refractivity contribution is 5.88. The van der Waals surface area contributed by atoms with Gasteiger partial charge in [-0.25, -0.2) is 0 Å². The summed E-state index contributed by atoms with van der Waals surface area (Å²) in [6.07, 6.45) is 0. The molecule has 0 saturated heterocycles. The Morgan fingerprint density at radius 1 is 1.06 bits per heavy atom. The summed E-state index contributed by atoms with van der Waals surface area (Å²) >= 11 is 0. The lowest BCUT2D eigenvalue weighted by molar-refractivity contribution is 0.515. The average molecular weight is 231 g/mol. The van der Waals surface area contributed by atoms with E-state index >= 15 is 0 Å². The zero-order chi connectivity index (χ0) is 12.6. The van der Waals surface area contributed by atoms with Gasteiger partial charge in [-0.15, -0.1) is 0 Å². The first-order valence-electron chi connectivity index (χ1n) is 6.25. The van der Waals surface area contributed by atoms with E-state index in [0.29, 0.717) is 0 Å². The standard InChI is InChI=1S/C15H21NO/c1-6-16-8-13-12(5)14-10(3)7-9(2)11(4)15(14)17-13/h7,16H,6,8H2,1-5H3. The van der Waals surface area contributed by atoms with Gasteiger partial charge in [-0.2, -0.15) is 0 Å². The maximum atomic E-state index is 6.03. The van der Waals surface area contributed by atoms with Gasteiger partial charge < -0.3 is 9.73 Å². The second-order valence-corrected chi connectivity index (χ2v) is 4.77. The van der Waals surface area contributed by atoms with E-state index in [1.54, 1.807) is 0 Å². The predicted molar refractivity (Wildman–Crippen MR) is 72.5 cm³/mol. The third-order valence-electron chi connectivity index (χ3n) is 3.54. The zero-order valence-electron chi connectivity index (χ0n) is 11.4. The summed E-state index contributed by atoms with van der Waals surface area (Å²) < 4.78 is 6.03. The lowest BCUT2D eigenvalue weighted by Crippen LogP contribution is -2.11. The predicted octanol–water partition coefficient (Wildman–Crippen LogP) is 3.78. The van der Waals surface area contributed by atoms with Crippen molar-refractivity contribution in [1.82, 2.24) is 5.32 Å². The smallest absolute Gasteiger partial charge is 0.138 e. The summed E-state index contributed by atoms with van der Waals surface area (Å²) in [7, 11) is 0. The first-order valence-corrected chi connectivity index (χ1v) is 6.25. The Labute approximate surface area is 103 Å². The molecule has 0 aliphatic heterocycles. The molecule has 2 nitrogen and oxygen atoms in total. The SMILES string of the molecule is CCNCc1oc2c(C)c(C)cc(C)c2c1C. The molecule has 1 N–H and O–H groups in total. The van der Waals surface area contributed by atoms with E-state index in [0.717, 1.165) is 24.4 Å². The number of rotatable bonds is 3. The quantitative estimate of drug-likeness (QED) is 0.869. The fourth-order valence-electron chi connectivity index (χ4n) is 2.39. The van der Waals surface area contributed by atoms with Crippen LogP contribution in [0.4, 0.5) is 0 Å². The molecule has 0 fully saturated rings. The Bertz CT molecular complexity index is 552. The maximum Gasteiger partial charge on any atom is 0.138 e. The van der Waals surface area contributed by atoms with E-state index in [4.69, 9.17) is 4.42 Å². The summed E-state index contributed by atoms with van der Waals surface area (Å²) in [5, 5.41) is 4.62. The zero-order valence-corrected chi connectivity index (χ0v) is 11.4. The van der Waals surface area contributed by atoms with E-state index in [1.807, 2.05) is 0 Å². The number of hydrogen-bond donors (Lipinski definition) is 1. The molecule has 0 spiro atoms. The normalized spacial score (nSPS) is 11.4. The molecule has 1 aromatic heterocycles. The third-order valence-corrected chi connectivity index (χ3v) is 3.54. The minimum absolute atomic E-state index is 0.814. The summed E-state index contributed by atoms with van der Waals surface area (Å²) in [6.45, 7) is 12.5. The molecule has 0 saturated carbocycles. The Balaban J connectivity index is 2.64. The van der Waals surface area contributed by atoms with Crippen molar-refractivity contribution in [3.05, 3.63) is 34.1 Å². The summed E-state index contributed by atoms with van der Waals surface area (Å²) in [4.78, 5) is 0. The molecule has 17 heavy (non-hydrogen) atoms. The Kier molecular flexibility index (Phi) is 3.25. The number of nitrogens with one attached hydrogen (secondary N) is 1. The van der Waals surface area contributed by atoms with Crippen LogP contribution >= 0.6 is 0 Å². The lowest BCUT2D eigenvalue weighted by Gasteiger charge is -2.03. The van der Waals surface area contributed by atoms with Crippen molar-refractivity contribution in [2.24, 2.45) is 0 Å². The van der Waals surface area contributed by atoms with Crippen LogP contribution in [0.15, 0.2) is 10.5 Å². The van der Waals surface area contributed by atoms with Gasteiger partial charge in [-0.3, -0.25) is 0 Å². The average Bonchev–Trinajstić information content (AvgIpc) is 2.61. The molecule has 0 amide bonds. The van der Waals surface area contributed by atoms with Crippen LogP contribution in [0.1, 0.15) is 34.9 Å². The van der Waals surface area contributed by atoms with Gasteiger partial charge in [0.15, 0.2) is 0 Å². The lowest BCUT2D eigenvalue weighted by atomic mass is 10.00. The van der Waals surface area contributed by atoms with Gasteiger partial charge in [0.25, 0.3) is 0 Å². The van der Waals surface area contributed by atoms with Crippen LogP contribution in [0.5, 0.6) is 0 Å². The van der Waals surface area contributed by atoms with Gasteiger partial charge in [0.2, 0.25) is 0 Å². The van der Waals surface area contributed by atoms with Gasteiger partial charge in [0, 0.05) is 5.39 Å². The topological polar surface area (TPSA) is 25.2 Å². The molecule has 1 heterocycles. The molecule has 92 valence electrons. The molecule has 0 aliphatic carbocycles. The van der Waals surface area contributed by atoms with Crippen LogP contribution in [0.3, 0.4) is 0 Å². The van der Waals surface area contributed by atoms with Gasteiger partial charge in [0.1, 0.15) is 11.3 Å². The molecular weight excluding hydrogens is 210 g/mol. The van der Waals surface area contributed by atoms with Crippen molar-refractivity contribution in [2.45, 2.75) is 41.2 Å². The highest BCUT2D eigenvalue weighted by atomic mass is 16.3. The van der Waals surface area contributed by atoms with E-state index in [9.17, 15) is 0 Å².